The molecule has 0 fully saturated rings. The fraction of sp³-hybridized carbons (Fsp3) is 0.429. The predicted molar refractivity (Wildman–Crippen MR) is 83.7 cm³/mol. The molecule has 108 valence electrons. The summed E-state index contributed by atoms with van der Waals surface area (Å²) < 4.78 is 1.49. The summed E-state index contributed by atoms with van der Waals surface area (Å²) in [6.45, 7) is 4.29. The van der Waals surface area contributed by atoms with Crippen molar-refractivity contribution in [3.05, 3.63) is 44.5 Å². The van der Waals surface area contributed by atoms with Crippen LogP contribution in [0.1, 0.15) is 16.7 Å². The molecule has 0 saturated heterocycles. The molecule has 5 nitrogen and oxygen atoms in total. The highest BCUT2D eigenvalue weighted by molar-refractivity contribution is 7.11. The van der Waals surface area contributed by atoms with Gasteiger partial charge in [0.25, 0.3) is 5.56 Å². The summed E-state index contributed by atoms with van der Waals surface area (Å²) in [4.78, 5) is 14.5. The highest BCUT2D eigenvalue weighted by atomic mass is 32.1. The second-order valence-corrected chi connectivity index (χ2v) is 5.74. The fourth-order valence-corrected chi connectivity index (χ4v) is 2.77. The van der Waals surface area contributed by atoms with Gasteiger partial charge >= 0.3 is 0 Å². The molecule has 0 aromatic carbocycles. The minimum absolute atomic E-state index is 0.0779. The van der Waals surface area contributed by atoms with Gasteiger partial charge in [0.2, 0.25) is 0 Å². The van der Waals surface area contributed by atoms with Crippen molar-refractivity contribution in [1.82, 2.24) is 15.1 Å². The van der Waals surface area contributed by atoms with Gasteiger partial charge in [-0.25, -0.2) is 4.68 Å². The van der Waals surface area contributed by atoms with E-state index in [-0.39, 0.29) is 5.56 Å². The van der Waals surface area contributed by atoms with E-state index in [1.807, 2.05) is 7.05 Å². The quantitative estimate of drug-likeness (QED) is 0.760. The van der Waals surface area contributed by atoms with Gasteiger partial charge in [0.1, 0.15) is 0 Å². The van der Waals surface area contributed by atoms with E-state index < -0.39 is 0 Å². The molecule has 0 aliphatic rings. The van der Waals surface area contributed by atoms with E-state index >= 15 is 0 Å². The number of thiophene rings is 1. The first-order chi connectivity index (χ1) is 9.72. The molecule has 0 spiro atoms. The third-order valence-electron chi connectivity index (χ3n) is 2.95. The van der Waals surface area contributed by atoms with Crippen molar-refractivity contribution in [3.63, 3.8) is 0 Å². The summed E-state index contributed by atoms with van der Waals surface area (Å²) in [5.41, 5.74) is 0.688. The van der Waals surface area contributed by atoms with E-state index in [0.29, 0.717) is 6.54 Å². The molecule has 0 aliphatic heterocycles. The Kier molecular flexibility index (Phi) is 5.31. The molecule has 2 N–H and O–H groups in total. The van der Waals surface area contributed by atoms with Crippen molar-refractivity contribution in [1.29, 1.82) is 0 Å². The van der Waals surface area contributed by atoms with E-state index in [1.54, 1.807) is 23.6 Å². The first-order valence-corrected chi connectivity index (χ1v) is 7.57. The van der Waals surface area contributed by atoms with Gasteiger partial charge in [0.05, 0.1) is 18.4 Å². The molecule has 20 heavy (non-hydrogen) atoms. The second-order valence-electron chi connectivity index (χ2n) is 4.49. The number of rotatable bonds is 7. The van der Waals surface area contributed by atoms with Crippen molar-refractivity contribution in [3.8, 4) is 0 Å². The van der Waals surface area contributed by atoms with Crippen LogP contribution in [0, 0.1) is 0 Å². The van der Waals surface area contributed by atoms with Crippen LogP contribution in [0.5, 0.6) is 0 Å². The van der Waals surface area contributed by atoms with Crippen molar-refractivity contribution in [2.24, 2.45) is 0 Å². The average molecular weight is 292 g/mol. The van der Waals surface area contributed by atoms with Crippen LogP contribution >= 0.6 is 11.3 Å². The number of hydrogen-bond donors (Lipinski definition) is 2. The van der Waals surface area contributed by atoms with E-state index in [0.717, 1.165) is 30.1 Å². The first-order valence-electron chi connectivity index (χ1n) is 6.76. The lowest BCUT2D eigenvalue weighted by atomic mass is 10.3. The van der Waals surface area contributed by atoms with Crippen molar-refractivity contribution >= 4 is 17.0 Å². The lowest BCUT2D eigenvalue weighted by Crippen LogP contribution is -2.24. The number of aromatic nitrogens is 2. The van der Waals surface area contributed by atoms with Gasteiger partial charge in [0, 0.05) is 28.9 Å². The van der Waals surface area contributed by atoms with Gasteiger partial charge in [-0.1, -0.05) is 6.92 Å². The largest absolute Gasteiger partial charge is 0.382 e. The van der Waals surface area contributed by atoms with Gasteiger partial charge in [0.15, 0.2) is 0 Å². The fourth-order valence-electron chi connectivity index (χ4n) is 1.83. The third-order valence-corrected chi connectivity index (χ3v) is 4.16. The maximum absolute atomic E-state index is 12.0. The Morgan fingerprint density at radius 1 is 1.30 bits per heavy atom. The maximum Gasteiger partial charge on any atom is 0.269 e. The van der Waals surface area contributed by atoms with Crippen molar-refractivity contribution < 1.29 is 0 Å². The van der Waals surface area contributed by atoms with Crippen molar-refractivity contribution in [2.75, 3.05) is 25.5 Å². The molecule has 2 rings (SSSR count). The van der Waals surface area contributed by atoms with Crippen LogP contribution in [0.3, 0.4) is 0 Å². The Hall–Kier alpha value is -1.66. The number of hydrogen-bond acceptors (Lipinski definition) is 5. The van der Waals surface area contributed by atoms with Gasteiger partial charge in [-0.2, -0.15) is 5.10 Å². The topological polar surface area (TPSA) is 59.0 Å². The van der Waals surface area contributed by atoms with Crippen molar-refractivity contribution in [2.45, 2.75) is 19.9 Å². The standard InChI is InChI=1S/C14H20N4OS/c1-3-12-4-5-13(20-12)10-18-14(19)8-11(9-17-18)16-7-6-15-2/h4-5,8-9,15-16H,3,6-7,10H2,1-2H3. The molecule has 0 amide bonds. The molecule has 0 atom stereocenters. The van der Waals surface area contributed by atoms with Gasteiger partial charge < -0.3 is 10.6 Å². The SMILES string of the molecule is CCc1ccc(Cn2ncc(NCCNC)cc2=O)s1. The maximum atomic E-state index is 12.0. The second kappa shape index (κ2) is 7.21. The van der Waals surface area contributed by atoms with Crippen LogP contribution in [0.25, 0.3) is 0 Å². The van der Waals surface area contributed by atoms with E-state index in [9.17, 15) is 4.79 Å². The summed E-state index contributed by atoms with van der Waals surface area (Å²) in [5.74, 6) is 0. The number of aryl methyl sites for hydroxylation is 1. The molecule has 6 heteroatoms. The van der Waals surface area contributed by atoms with E-state index in [2.05, 4.69) is 34.8 Å². The van der Waals surface area contributed by atoms with E-state index in [4.69, 9.17) is 0 Å². The molecule has 2 aromatic heterocycles. The zero-order chi connectivity index (χ0) is 14.4. The van der Waals surface area contributed by atoms with Crippen LogP contribution in [-0.4, -0.2) is 29.9 Å². The number of anilines is 1. The van der Waals surface area contributed by atoms with Gasteiger partial charge in [-0.05, 0) is 25.6 Å². The molecule has 0 unspecified atom stereocenters. The Balaban J connectivity index is 2.03. The molecule has 2 aromatic rings. The van der Waals surface area contributed by atoms with Crippen LogP contribution < -0.4 is 16.2 Å². The lowest BCUT2D eigenvalue weighted by molar-refractivity contribution is 0.646. The number of nitrogens with one attached hydrogen (secondary N) is 2. The highest BCUT2D eigenvalue weighted by Crippen LogP contribution is 2.17. The Morgan fingerprint density at radius 3 is 2.75 bits per heavy atom. The van der Waals surface area contributed by atoms with Gasteiger partial charge in [-0.3, -0.25) is 4.79 Å². The van der Waals surface area contributed by atoms with Crippen LogP contribution in [0.4, 0.5) is 5.69 Å². The summed E-state index contributed by atoms with van der Waals surface area (Å²) in [6, 6.07) is 5.77. The minimum Gasteiger partial charge on any atom is -0.382 e. The average Bonchev–Trinajstić information content (AvgIpc) is 2.90. The normalized spacial score (nSPS) is 10.7. The summed E-state index contributed by atoms with van der Waals surface area (Å²) in [6.07, 6.45) is 2.73. The molecular formula is C14H20N4OS. The smallest absolute Gasteiger partial charge is 0.269 e. The predicted octanol–water partition coefficient (Wildman–Crippen LogP) is 1.55. The first kappa shape index (κ1) is 14.7. The Bertz CT molecular complexity index is 605. The molecule has 0 radical (unpaired) electrons. The molecule has 2 heterocycles. The van der Waals surface area contributed by atoms with E-state index in [1.165, 1.54) is 9.56 Å². The van der Waals surface area contributed by atoms with Crippen LogP contribution in [-0.2, 0) is 13.0 Å². The Morgan fingerprint density at radius 2 is 2.10 bits per heavy atom. The van der Waals surface area contributed by atoms with Crippen LogP contribution in [0.2, 0.25) is 0 Å². The number of nitrogens with zero attached hydrogens (tertiary/aromatic N) is 2. The Labute approximate surface area is 122 Å². The molecular weight excluding hydrogens is 272 g/mol. The highest BCUT2D eigenvalue weighted by Gasteiger charge is 2.03. The molecule has 0 saturated carbocycles. The minimum atomic E-state index is -0.0779. The summed E-state index contributed by atoms with van der Waals surface area (Å²) in [5, 5.41) is 10.4. The summed E-state index contributed by atoms with van der Waals surface area (Å²) >= 11 is 1.73. The summed E-state index contributed by atoms with van der Waals surface area (Å²) in [7, 11) is 1.89. The monoisotopic (exact) mass is 292 g/mol. The molecule has 0 aliphatic carbocycles. The zero-order valence-corrected chi connectivity index (χ0v) is 12.7. The number of likely N-dealkylation sites (N-methyl/N-ethyl adjacent to an activating group) is 1. The lowest BCUT2D eigenvalue weighted by Gasteiger charge is -2.07. The van der Waals surface area contributed by atoms with Crippen LogP contribution in [0.15, 0.2) is 29.2 Å². The third kappa shape index (κ3) is 3.91. The molecule has 0 bridgehead atoms. The van der Waals surface area contributed by atoms with Gasteiger partial charge in [-0.15, -0.1) is 11.3 Å². The zero-order valence-electron chi connectivity index (χ0n) is 11.8.